The summed E-state index contributed by atoms with van der Waals surface area (Å²) in [6, 6.07) is 16.5. The molecule has 8 heteroatoms. The van der Waals surface area contributed by atoms with Gasteiger partial charge in [0.25, 0.3) is 5.56 Å². The molecule has 4 aromatic rings. The number of rotatable bonds is 6. The van der Waals surface area contributed by atoms with Gasteiger partial charge in [0.15, 0.2) is 11.5 Å². The van der Waals surface area contributed by atoms with Gasteiger partial charge in [0.05, 0.1) is 32.3 Å². The van der Waals surface area contributed by atoms with E-state index in [1.807, 2.05) is 0 Å². The second kappa shape index (κ2) is 9.26. The summed E-state index contributed by atoms with van der Waals surface area (Å²) in [4.78, 5) is 26.6. The largest absolute Gasteiger partial charge is 0.497 e. The lowest BCUT2D eigenvalue weighted by atomic mass is 10.1. The van der Waals surface area contributed by atoms with Crippen LogP contribution in [0, 0.1) is 0 Å². The molecular weight excluding hydrogens is 446 g/mol. The Bertz CT molecular complexity index is 1390. The standard InChI is InChI=1S/C25H20ClNO6/c1-30-17-9-7-16(8-10-17)27-14-21(25(29)33-18-6-4-5-15(26)11-18)19-12-22(31-2)23(32-3)13-20(19)24(27)28/h4-14H,1-3H3. The highest BCUT2D eigenvalue weighted by atomic mass is 35.5. The zero-order valence-electron chi connectivity index (χ0n) is 18.1. The smallest absolute Gasteiger partial charge is 0.345 e. The molecule has 0 atom stereocenters. The number of benzene rings is 3. The monoisotopic (exact) mass is 465 g/mol. The highest BCUT2D eigenvalue weighted by Crippen LogP contribution is 2.33. The molecule has 1 heterocycles. The van der Waals surface area contributed by atoms with Crippen molar-refractivity contribution in [3.8, 4) is 28.7 Å². The van der Waals surface area contributed by atoms with E-state index >= 15 is 0 Å². The lowest BCUT2D eigenvalue weighted by Gasteiger charge is -2.15. The van der Waals surface area contributed by atoms with Crippen LogP contribution in [-0.2, 0) is 0 Å². The molecule has 33 heavy (non-hydrogen) atoms. The second-order valence-corrected chi connectivity index (χ2v) is 7.45. The third kappa shape index (κ3) is 4.36. The Kier molecular flexibility index (Phi) is 6.24. The quantitative estimate of drug-likeness (QED) is 0.298. The molecule has 0 spiro atoms. The lowest BCUT2D eigenvalue weighted by molar-refractivity contribution is 0.0736. The molecule has 0 saturated carbocycles. The van der Waals surface area contributed by atoms with Crippen LogP contribution in [0.3, 0.4) is 0 Å². The number of methoxy groups -OCH3 is 3. The maximum absolute atomic E-state index is 13.4. The summed E-state index contributed by atoms with van der Waals surface area (Å²) in [6.45, 7) is 0. The fraction of sp³-hybridized carbons (Fsp3) is 0.120. The first-order valence-corrected chi connectivity index (χ1v) is 10.3. The normalized spacial score (nSPS) is 10.7. The van der Waals surface area contributed by atoms with Crippen LogP contribution < -0.4 is 24.5 Å². The summed E-state index contributed by atoms with van der Waals surface area (Å²) in [5.41, 5.74) is 0.381. The summed E-state index contributed by atoms with van der Waals surface area (Å²) in [5.74, 6) is 1.01. The molecule has 4 rings (SSSR count). The van der Waals surface area contributed by atoms with E-state index in [2.05, 4.69) is 0 Å². The van der Waals surface area contributed by atoms with Crippen molar-refractivity contribution >= 4 is 28.3 Å². The van der Waals surface area contributed by atoms with E-state index in [0.717, 1.165) is 0 Å². The minimum atomic E-state index is -0.656. The molecule has 3 aromatic carbocycles. The number of pyridine rings is 1. The topological polar surface area (TPSA) is 76.0 Å². The van der Waals surface area contributed by atoms with Gasteiger partial charge in [0.2, 0.25) is 0 Å². The van der Waals surface area contributed by atoms with Gasteiger partial charge in [-0.2, -0.15) is 0 Å². The van der Waals surface area contributed by atoms with Crippen LogP contribution in [-0.4, -0.2) is 31.9 Å². The van der Waals surface area contributed by atoms with Crippen molar-refractivity contribution in [2.45, 2.75) is 0 Å². The maximum atomic E-state index is 13.4. The highest BCUT2D eigenvalue weighted by molar-refractivity contribution is 6.30. The number of fused-ring (bicyclic) bond motifs is 1. The third-order valence-corrected chi connectivity index (χ3v) is 5.33. The molecule has 1 aromatic heterocycles. The third-order valence-electron chi connectivity index (χ3n) is 5.10. The van der Waals surface area contributed by atoms with Crippen LogP contribution in [0.4, 0.5) is 0 Å². The first-order valence-electron chi connectivity index (χ1n) is 9.88. The molecular formula is C25H20ClNO6. The van der Waals surface area contributed by atoms with Crippen molar-refractivity contribution in [2.75, 3.05) is 21.3 Å². The van der Waals surface area contributed by atoms with Crippen molar-refractivity contribution in [1.82, 2.24) is 4.57 Å². The van der Waals surface area contributed by atoms with Gasteiger partial charge in [-0.3, -0.25) is 9.36 Å². The summed E-state index contributed by atoms with van der Waals surface area (Å²) in [5, 5.41) is 1.07. The molecule has 0 aliphatic rings. The molecule has 0 aliphatic heterocycles. The Balaban J connectivity index is 1.94. The van der Waals surface area contributed by atoms with E-state index in [4.69, 9.17) is 30.5 Å². The molecule has 0 unspecified atom stereocenters. The fourth-order valence-electron chi connectivity index (χ4n) is 3.46. The van der Waals surface area contributed by atoms with Crippen LogP contribution in [0.1, 0.15) is 10.4 Å². The lowest BCUT2D eigenvalue weighted by Crippen LogP contribution is -2.22. The van der Waals surface area contributed by atoms with E-state index in [-0.39, 0.29) is 22.3 Å². The van der Waals surface area contributed by atoms with Gasteiger partial charge in [-0.15, -0.1) is 0 Å². The van der Waals surface area contributed by atoms with Gasteiger partial charge < -0.3 is 18.9 Å². The summed E-state index contributed by atoms with van der Waals surface area (Å²) in [7, 11) is 4.51. The van der Waals surface area contributed by atoms with Crippen molar-refractivity contribution < 1.29 is 23.7 Å². The van der Waals surface area contributed by atoms with E-state index in [1.54, 1.807) is 61.7 Å². The van der Waals surface area contributed by atoms with Crippen molar-refractivity contribution in [2.24, 2.45) is 0 Å². The van der Waals surface area contributed by atoms with Gasteiger partial charge >= 0.3 is 5.97 Å². The van der Waals surface area contributed by atoms with E-state index in [1.165, 1.54) is 31.0 Å². The van der Waals surface area contributed by atoms with Gasteiger partial charge in [0, 0.05) is 22.3 Å². The Labute approximate surface area is 194 Å². The molecule has 0 amide bonds. The van der Waals surface area contributed by atoms with Crippen molar-refractivity contribution in [3.05, 3.63) is 87.8 Å². The van der Waals surface area contributed by atoms with Crippen molar-refractivity contribution in [1.29, 1.82) is 0 Å². The average Bonchev–Trinajstić information content (AvgIpc) is 2.83. The number of carbonyl (C=O) groups excluding carboxylic acids is 1. The van der Waals surface area contributed by atoms with Crippen LogP contribution in [0.25, 0.3) is 16.5 Å². The van der Waals surface area contributed by atoms with E-state index in [9.17, 15) is 9.59 Å². The van der Waals surface area contributed by atoms with Crippen LogP contribution in [0.2, 0.25) is 5.02 Å². The number of ether oxygens (including phenoxy) is 4. The van der Waals surface area contributed by atoms with E-state index < -0.39 is 5.97 Å². The molecule has 0 N–H and O–H groups in total. The van der Waals surface area contributed by atoms with Gasteiger partial charge in [-0.25, -0.2) is 4.79 Å². The fourth-order valence-corrected chi connectivity index (χ4v) is 3.64. The Morgan fingerprint density at radius 1 is 0.818 bits per heavy atom. The number of halogens is 1. The number of carbonyl (C=O) groups is 1. The number of esters is 1. The summed E-state index contributed by atoms with van der Waals surface area (Å²) < 4.78 is 22.9. The molecule has 7 nitrogen and oxygen atoms in total. The molecule has 0 radical (unpaired) electrons. The molecule has 0 fully saturated rings. The predicted molar refractivity (Wildman–Crippen MR) is 126 cm³/mol. The number of nitrogens with zero attached hydrogens (tertiary/aromatic N) is 1. The van der Waals surface area contributed by atoms with Gasteiger partial charge in [-0.05, 0) is 54.6 Å². The Morgan fingerprint density at radius 3 is 2.09 bits per heavy atom. The number of hydrogen-bond acceptors (Lipinski definition) is 6. The number of hydrogen-bond donors (Lipinski definition) is 0. The first-order chi connectivity index (χ1) is 15.9. The summed E-state index contributed by atoms with van der Waals surface area (Å²) >= 11 is 6.02. The highest BCUT2D eigenvalue weighted by Gasteiger charge is 2.20. The minimum Gasteiger partial charge on any atom is -0.497 e. The maximum Gasteiger partial charge on any atom is 0.345 e. The van der Waals surface area contributed by atoms with Crippen LogP contribution in [0.5, 0.6) is 23.0 Å². The molecule has 0 aliphatic carbocycles. The molecule has 168 valence electrons. The van der Waals surface area contributed by atoms with Crippen LogP contribution in [0.15, 0.2) is 71.7 Å². The zero-order chi connectivity index (χ0) is 23.5. The first kappa shape index (κ1) is 22.2. The van der Waals surface area contributed by atoms with Gasteiger partial charge in [-0.1, -0.05) is 17.7 Å². The predicted octanol–water partition coefficient (Wildman–Crippen LogP) is 4.89. The number of aromatic nitrogens is 1. The Morgan fingerprint density at radius 2 is 1.48 bits per heavy atom. The molecule has 0 bridgehead atoms. The summed E-state index contributed by atoms with van der Waals surface area (Å²) in [6.07, 6.45) is 1.45. The van der Waals surface area contributed by atoms with Crippen molar-refractivity contribution in [3.63, 3.8) is 0 Å². The minimum absolute atomic E-state index is 0.168. The van der Waals surface area contributed by atoms with E-state index in [0.29, 0.717) is 33.3 Å². The zero-order valence-corrected chi connectivity index (χ0v) is 18.9. The van der Waals surface area contributed by atoms with Gasteiger partial charge in [0.1, 0.15) is 11.5 Å². The van der Waals surface area contributed by atoms with Crippen LogP contribution >= 0.6 is 11.6 Å². The Hall–Kier alpha value is -3.97. The second-order valence-electron chi connectivity index (χ2n) is 7.02. The average molecular weight is 466 g/mol. The SMILES string of the molecule is COc1ccc(-n2cc(C(=O)Oc3cccc(Cl)c3)c3cc(OC)c(OC)cc3c2=O)cc1. The molecule has 0 saturated heterocycles.